The Morgan fingerprint density at radius 1 is 1.22 bits per heavy atom. The summed E-state index contributed by atoms with van der Waals surface area (Å²) in [4.78, 5) is 16.8. The fraction of sp³-hybridized carbons (Fsp3) is 0.278. The quantitative estimate of drug-likeness (QED) is 0.720. The van der Waals surface area contributed by atoms with Crippen LogP contribution in [0, 0.1) is 13.8 Å². The second-order valence-electron chi connectivity index (χ2n) is 6.43. The van der Waals surface area contributed by atoms with Crippen molar-refractivity contribution in [1.29, 1.82) is 0 Å². The molecule has 0 saturated carbocycles. The first-order chi connectivity index (χ1) is 12.7. The van der Waals surface area contributed by atoms with Crippen LogP contribution in [-0.4, -0.2) is 47.0 Å². The number of fused-ring (bicyclic) bond motifs is 1. The van der Waals surface area contributed by atoms with Crippen molar-refractivity contribution in [2.45, 2.75) is 18.7 Å². The number of likely N-dealkylation sites (N-methyl/N-ethyl adjacent to an activating group) is 1. The molecule has 3 rings (SSSR count). The van der Waals surface area contributed by atoms with Gasteiger partial charge in [-0.2, -0.15) is 9.40 Å². The molecule has 27 heavy (non-hydrogen) atoms. The number of nitrogens with one attached hydrogen (secondary N) is 1. The molecular formula is C18H21N5O3S. The number of amides is 1. The molecule has 0 bridgehead atoms. The summed E-state index contributed by atoms with van der Waals surface area (Å²) >= 11 is 0. The van der Waals surface area contributed by atoms with E-state index in [1.165, 1.54) is 25.4 Å². The number of nitrogens with zero attached hydrogens (tertiary/aromatic N) is 4. The lowest BCUT2D eigenvalue weighted by molar-refractivity contribution is -0.116. The molecule has 0 atom stereocenters. The molecule has 2 heterocycles. The second kappa shape index (κ2) is 7.09. The lowest BCUT2D eigenvalue weighted by Gasteiger charge is -2.17. The summed E-state index contributed by atoms with van der Waals surface area (Å²) in [7, 11) is -0.564. The lowest BCUT2D eigenvalue weighted by Crippen LogP contribution is -2.35. The predicted molar refractivity (Wildman–Crippen MR) is 103 cm³/mol. The lowest BCUT2D eigenvalue weighted by atomic mass is 10.2. The first-order valence-corrected chi connectivity index (χ1v) is 9.74. The zero-order valence-corrected chi connectivity index (χ0v) is 16.4. The van der Waals surface area contributed by atoms with Crippen molar-refractivity contribution in [2.24, 2.45) is 7.05 Å². The molecule has 8 nitrogen and oxygen atoms in total. The van der Waals surface area contributed by atoms with Crippen LogP contribution in [0.25, 0.3) is 11.0 Å². The van der Waals surface area contributed by atoms with Crippen molar-refractivity contribution < 1.29 is 13.2 Å². The third-order valence-electron chi connectivity index (χ3n) is 4.24. The van der Waals surface area contributed by atoms with E-state index in [0.29, 0.717) is 11.3 Å². The molecule has 0 aliphatic carbocycles. The van der Waals surface area contributed by atoms with Gasteiger partial charge in [-0.1, -0.05) is 17.7 Å². The summed E-state index contributed by atoms with van der Waals surface area (Å²) in [5, 5.41) is 7.80. The summed E-state index contributed by atoms with van der Waals surface area (Å²) in [5.74, 6) is -0.448. The molecular weight excluding hydrogens is 366 g/mol. The average molecular weight is 387 g/mol. The van der Waals surface area contributed by atoms with Crippen LogP contribution in [-0.2, 0) is 21.9 Å². The highest BCUT2D eigenvalue weighted by molar-refractivity contribution is 7.89. The number of anilines is 1. The number of hydrogen-bond acceptors (Lipinski definition) is 5. The van der Waals surface area contributed by atoms with Gasteiger partial charge in [-0.25, -0.2) is 13.4 Å². The van der Waals surface area contributed by atoms with Crippen LogP contribution in [0.5, 0.6) is 0 Å². The van der Waals surface area contributed by atoms with E-state index in [4.69, 9.17) is 0 Å². The predicted octanol–water partition coefficient (Wildman–Crippen LogP) is 1.84. The molecule has 9 heteroatoms. The Hall–Kier alpha value is -2.78. The van der Waals surface area contributed by atoms with Gasteiger partial charge >= 0.3 is 0 Å². The highest BCUT2D eigenvalue weighted by atomic mass is 32.2. The molecule has 142 valence electrons. The van der Waals surface area contributed by atoms with Gasteiger partial charge in [-0.3, -0.25) is 9.48 Å². The van der Waals surface area contributed by atoms with Crippen molar-refractivity contribution in [3.63, 3.8) is 0 Å². The molecule has 0 saturated heterocycles. The normalized spacial score (nSPS) is 11.9. The van der Waals surface area contributed by atoms with E-state index in [1.807, 2.05) is 13.8 Å². The van der Waals surface area contributed by atoms with Crippen molar-refractivity contribution in [3.05, 3.63) is 47.8 Å². The van der Waals surface area contributed by atoms with Crippen molar-refractivity contribution in [1.82, 2.24) is 19.1 Å². The summed E-state index contributed by atoms with van der Waals surface area (Å²) in [6.45, 7) is 3.43. The zero-order valence-electron chi connectivity index (χ0n) is 15.6. The highest BCUT2D eigenvalue weighted by Gasteiger charge is 2.23. The van der Waals surface area contributed by atoms with Crippen LogP contribution < -0.4 is 5.32 Å². The number of benzene rings is 1. The van der Waals surface area contributed by atoms with Gasteiger partial charge in [0, 0.05) is 19.5 Å². The molecule has 0 radical (unpaired) electrons. The maximum absolute atomic E-state index is 12.6. The molecule has 0 aliphatic heterocycles. The summed E-state index contributed by atoms with van der Waals surface area (Å²) in [5.41, 5.74) is 2.97. The number of sulfonamides is 1. The Balaban J connectivity index is 1.73. The van der Waals surface area contributed by atoms with Crippen LogP contribution in [0.3, 0.4) is 0 Å². The number of pyridine rings is 1. The number of hydrogen-bond donors (Lipinski definition) is 1. The van der Waals surface area contributed by atoms with Gasteiger partial charge in [0.15, 0.2) is 5.65 Å². The molecule has 0 fully saturated rings. The summed E-state index contributed by atoms with van der Waals surface area (Å²) < 4.78 is 27.8. The van der Waals surface area contributed by atoms with Gasteiger partial charge in [-0.15, -0.1) is 0 Å². The molecule has 1 aromatic carbocycles. The van der Waals surface area contributed by atoms with Gasteiger partial charge in [0.2, 0.25) is 15.9 Å². The van der Waals surface area contributed by atoms with E-state index in [1.54, 1.807) is 29.9 Å². The minimum absolute atomic E-state index is 0.150. The molecule has 0 unspecified atom stereocenters. The minimum atomic E-state index is -3.74. The standard InChI is InChI=1S/C18H21N5O3S/c1-12-5-7-15(8-6-12)27(25,26)22(3)11-17(24)20-14-9-16-13(2)21-23(4)18(16)19-10-14/h5-10H,11H2,1-4H3,(H,20,24). The Morgan fingerprint density at radius 2 is 1.89 bits per heavy atom. The van der Waals surface area contributed by atoms with Crippen molar-refractivity contribution >= 4 is 32.7 Å². The van der Waals surface area contributed by atoms with Crippen LogP contribution in [0.15, 0.2) is 41.4 Å². The third-order valence-corrected chi connectivity index (χ3v) is 6.06. The number of carbonyl (C=O) groups is 1. The third kappa shape index (κ3) is 3.83. The number of aryl methyl sites for hydroxylation is 3. The van der Waals surface area contributed by atoms with Crippen molar-refractivity contribution in [2.75, 3.05) is 18.9 Å². The van der Waals surface area contributed by atoms with E-state index in [0.717, 1.165) is 20.9 Å². The van der Waals surface area contributed by atoms with E-state index >= 15 is 0 Å². The van der Waals surface area contributed by atoms with Crippen LogP contribution in [0.4, 0.5) is 5.69 Å². The zero-order chi connectivity index (χ0) is 19.8. The van der Waals surface area contributed by atoms with Crippen LogP contribution >= 0.6 is 0 Å². The van der Waals surface area contributed by atoms with E-state index in [-0.39, 0.29) is 11.4 Å². The van der Waals surface area contributed by atoms with Crippen molar-refractivity contribution in [3.8, 4) is 0 Å². The first-order valence-electron chi connectivity index (χ1n) is 8.30. The Bertz CT molecular complexity index is 1100. The monoisotopic (exact) mass is 387 g/mol. The van der Waals surface area contributed by atoms with Crippen LogP contribution in [0.2, 0.25) is 0 Å². The fourth-order valence-electron chi connectivity index (χ4n) is 2.75. The molecule has 0 spiro atoms. The molecule has 1 N–H and O–H groups in total. The number of rotatable bonds is 5. The number of carbonyl (C=O) groups excluding carboxylic acids is 1. The average Bonchev–Trinajstić information content (AvgIpc) is 2.89. The fourth-order valence-corrected chi connectivity index (χ4v) is 3.88. The largest absolute Gasteiger partial charge is 0.324 e. The Morgan fingerprint density at radius 3 is 2.56 bits per heavy atom. The van der Waals surface area contributed by atoms with Gasteiger partial charge in [-0.05, 0) is 32.0 Å². The maximum atomic E-state index is 12.6. The minimum Gasteiger partial charge on any atom is -0.324 e. The van der Waals surface area contributed by atoms with Gasteiger partial charge in [0.05, 0.1) is 29.0 Å². The molecule has 3 aromatic rings. The molecule has 0 aliphatic rings. The van der Waals surface area contributed by atoms with Gasteiger partial charge < -0.3 is 5.32 Å². The smallest absolute Gasteiger partial charge is 0.243 e. The van der Waals surface area contributed by atoms with Gasteiger partial charge in [0.25, 0.3) is 0 Å². The first kappa shape index (κ1) is 19.0. The highest BCUT2D eigenvalue weighted by Crippen LogP contribution is 2.19. The van der Waals surface area contributed by atoms with E-state index < -0.39 is 15.9 Å². The van der Waals surface area contributed by atoms with Crippen LogP contribution in [0.1, 0.15) is 11.3 Å². The van der Waals surface area contributed by atoms with E-state index in [9.17, 15) is 13.2 Å². The second-order valence-corrected chi connectivity index (χ2v) is 8.47. The Labute approximate surface area is 157 Å². The topological polar surface area (TPSA) is 97.2 Å². The SMILES string of the molecule is Cc1ccc(S(=O)(=O)N(C)CC(=O)Nc2cnc3c(c2)c(C)nn3C)cc1. The number of aromatic nitrogens is 3. The Kier molecular flexibility index (Phi) is 4.99. The van der Waals surface area contributed by atoms with Gasteiger partial charge in [0.1, 0.15) is 0 Å². The maximum Gasteiger partial charge on any atom is 0.243 e. The molecule has 2 aromatic heterocycles. The summed E-state index contributed by atoms with van der Waals surface area (Å²) in [6.07, 6.45) is 1.52. The summed E-state index contributed by atoms with van der Waals surface area (Å²) in [6, 6.07) is 8.27. The van der Waals surface area contributed by atoms with E-state index in [2.05, 4.69) is 15.4 Å². The molecule has 1 amide bonds.